The van der Waals surface area contributed by atoms with E-state index in [0.29, 0.717) is 0 Å². The molecular formula is C18H20N4O2. The molecule has 3 aromatic rings. The molecule has 0 bridgehead atoms. The number of hydrogen-bond acceptors (Lipinski definition) is 3. The maximum Gasteiger partial charge on any atom is 0.221 e. The fraction of sp³-hybridized carbons (Fsp3) is 0.111. The predicted molar refractivity (Wildman–Crippen MR) is 93.8 cm³/mol. The van der Waals surface area contributed by atoms with Crippen molar-refractivity contribution < 1.29 is 10.3 Å². The van der Waals surface area contributed by atoms with E-state index in [2.05, 4.69) is 34.6 Å². The van der Waals surface area contributed by atoms with Crippen LogP contribution in [0.5, 0.6) is 0 Å². The first-order chi connectivity index (χ1) is 11.2. The number of rotatable bonds is 6. The third-order valence-corrected chi connectivity index (χ3v) is 3.57. The van der Waals surface area contributed by atoms with E-state index in [0.717, 1.165) is 23.5 Å². The summed E-state index contributed by atoms with van der Waals surface area (Å²) in [6, 6.07) is 16.0. The van der Waals surface area contributed by atoms with Crippen LogP contribution in [0.25, 0.3) is 5.69 Å². The Kier molecular flexibility index (Phi) is 5.70. The largest absolute Gasteiger partial charge is 0.412 e. The zero-order valence-electron chi connectivity index (χ0n) is 13.1. The molecule has 1 amide bonds. The molecule has 5 N–H and O–H groups in total. The minimum Gasteiger partial charge on any atom is -0.412 e. The molecule has 0 saturated heterocycles. The second-order valence-electron chi connectivity index (χ2n) is 5.33. The molecule has 0 unspecified atom stereocenters. The first kappa shape index (κ1) is 17.2. The maximum absolute atomic E-state index is 10.9. The van der Waals surface area contributed by atoms with Crippen molar-refractivity contribution in [2.24, 2.45) is 5.73 Å². The van der Waals surface area contributed by atoms with Crippen molar-refractivity contribution in [3.05, 3.63) is 78.4 Å². The molecule has 0 saturated carbocycles. The summed E-state index contributed by atoms with van der Waals surface area (Å²) in [6.07, 6.45) is 5.73. The van der Waals surface area contributed by atoms with Gasteiger partial charge in [0.1, 0.15) is 0 Å². The normalized spacial score (nSPS) is 10.0. The molecule has 0 atom stereocenters. The van der Waals surface area contributed by atoms with Crippen molar-refractivity contribution >= 4 is 11.6 Å². The van der Waals surface area contributed by atoms with Gasteiger partial charge in [-0.1, -0.05) is 24.3 Å². The van der Waals surface area contributed by atoms with Gasteiger partial charge in [0.15, 0.2) is 0 Å². The highest BCUT2D eigenvalue weighted by Gasteiger charge is 2.00. The van der Waals surface area contributed by atoms with Crippen molar-refractivity contribution in [1.29, 1.82) is 0 Å². The van der Waals surface area contributed by atoms with Gasteiger partial charge in [0.05, 0.1) is 12.7 Å². The quantitative estimate of drug-likeness (QED) is 0.720. The standard InChI is InChI=1S/C18H18N4O.H2O/c19-18(23)11-14-1-5-16(6-2-14)21-12-15-3-7-17(8-4-15)22-10-9-20-13-22;/h1-10,13,21H,11-12H2,(H2,19,23);1H2. The van der Waals surface area contributed by atoms with Gasteiger partial charge in [-0.3, -0.25) is 4.79 Å². The van der Waals surface area contributed by atoms with Crippen LogP contribution in [-0.2, 0) is 17.8 Å². The van der Waals surface area contributed by atoms with Gasteiger partial charge in [-0.25, -0.2) is 4.98 Å². The van der Waals surface area contributed by atoms with E-state index < -0.39 is 0 Å². The number of primary amides is 1. The van der Waals surface area contributed by atoms with Crippen LogP contribution in [0.3, 0.4) is 0 Å². The Morgan fingerprint density at radius 2 is 1.71 bits per heavy atom. The molecule has 0 aliphatic heterocycles. The molecule has 3 rings (SSSR count). The molecule has 0 aliphatic carbocycles. The fourth-order valence-corrected chi connectivity index (χ4v) is 2.34. The molecule has 0 fully saturated rings. The van der Waals surface area contributed by atoms with Crippen LogP contribution in [-0.4, -0.2) is 20.9 Å². The SMILES string of the molecule is NC(=O)Cc1ccc(NCc2ccc(-n3ccnc3)cc2)cc1.O. The Bertz CT molecular complexity index is 766. The summed E-state index contributed by atoms with van der Waals surface area (Å²) in [4.78, 5) is 14.9. The lowest BCUT2D eigenvalue weighted by atomic mass is 10.1. The van der Waals surface area contributed by atoms with Crippen LogP contribution in [0.1, 0.15) is 11.1 Å². The number of anilines is 1. The number of imidazole rings is 1. The Hall–Kier alpha value is -3.12. The van der Waals surface area contributed by atoms with Gasteiger partial charge in [0.2, 0.25) is 5.91 Å². The lowest BCUT2D eigenvalue weighted by Crippen LogP contribution is -2.13. The van der Waals surface area contributed by atoms with Crippen LogP contribution >= 0.6 is 0 Å². The molecule has 6 nitrogen and oxygen atoms in total. The van der Waals surface area contributed by atoms with E-state index in [-0.39, 0.29) is 17.8 Å². The Morgan fingerprint density at radius 1 is 1.04 bits per heavy atom. The highest BCUT2D eigenvalue weighted by molar-refractivity contribution is 5.76. The van der Waals surface area contributed by atoms with E-state index in [1.54, 1.807) is 12.5 Å². The average Bonchev–Trinajstić information content (AvgIpc) is 3.09. The van der Waals surface area contributed by atoms with Gasteiger partial charge in [-0.2, -0.15) is 0 Å². The highest BCUT2D eigenvalue weighted by atomic mass is 16.1. The molecular weight excluding hydrogens is 304 g/mol. The molecule has 0 radical (unpaired) electrons. The second-order valence-corrected chi connectivity index (χ2v) is 5.33. The van der Waals surface area contributed by atoms with Crippen LogP contribution in [0.15, 0.2) is 67.3 Å². The minimum absolute atomic E-state index is 0. The molecule has 2 aromatic carbocycles. The van der Waals surface area contributed by atoms with Crippen molar-refractivity contribution in [1.82, 2.24) is 9.55 Å². The third-order valence-electron chi connectivity index (χ3n) is 3.57. The zero-order chi connectivity index (χ0) is 16.1. The summed E-state index contributed by atoms with van der Waals surface area (Å²) >= 11 is 0. The van der Waals surface area contributed by atoms with Gasteiger partial charge in [-0.15, -0.1) is 0 Å². The molecule has 1 heterocycles. The molecule has 0 aliphatic rings. The molecule has 124 valence electrons. The lowest BCUT2D eigenvalue weighted by Gasteiger charge is -2.08. The monoisotopic (exact) mass is 324 g/mol. The first-order valence-corrected chi connectivity index (χ1v) is 7.39. The number of benzene rings is 2. The van der Waals surface area contributed by atoms with Gasteiger partial charge in [0.25, 0.3) is 0 Å². The van der Waals surface area contributed by atoms with Gasteiger partial charge in [-0.05, 0) is 35.4 Å². The number of carbonyl (C=O) groups excluding carboxylic acids is 1. The summed E-state index contributed by atoms with van der Waals surface area (Å²) in [5, 5.41) is 3.36. The predicted octanol–water partition coefficient (Wildman–Crippen LogP) is 1.69. The van der Waals surface area contributed by atoms with Crippen molar-refractivity contribution in [2.45, 2.75) is 13.0 Å². The van der Waals surface area contributed by atoms with E-state index in [1.807, 2.05) is 35.0 Å². The summed E-state index contributed by atoms with van der Waals surface area (Å²) in [5.41, 5.74) is 9.39. The van der Waals surface area contributed by atoms with Crippen LogP contribution in [0.4, 0.5) is 5.69 Å². The first-order valence-electron chi connectivity index (χ1n) is 7.39. The Labute approximate surface area is 140 Å². The van der Waals surface area contributed by atoms with Crippen molar-refractivity contribution in [2.75, 3.05) is 5.32 Å². The molecule has 6 heteroatoms. The number of hydrogen-bond donors (Lipinski definition) is 2. The summed E-state index contributed by atoms with van der Waals surface area (Å²) in [5.74, 6) is -0.316. The third kappa shape index (κ3) is 4.44. The molecule has 1 aromatic heterocycles. The maximum atomic E-state index is 10.9. The highest BCUT2D eigenvalue weighted by Crippen LogP contribution is 2.13. The van der Waals surface area contributed by atoms with Gasteiger partial charge in [0, 0.05) is 30.3 Å². The van der Waals surface area contributed by atoms with E-state index in [4.69, 9.17) is 5.73 Å². The van der Waals surface area contributed by atoms with Crippen LogP contribution in [0.2, 0.25) is 0 Å². The number of aromatic nitrogens is 2. The van der Waals surface area contributed by atoms with E-state index in [1.165, 1.54) is 5.56 Å². The molecule has 0 spiro atoms. The number of nitrogens with zero attached hydrogens (tertiary/aromatic N) is 2. The summed E-state index contributed by atoms with van der Waals surface area (Å²) in [7, 11) is 0. The zero-order valence-corrected chi connectivity index (χ0v) is 13.1. The van der Waals surface area contributed by atoms with E-state index in [9.17, 15) is 4.79 Å². The fourth-order valence-electron chi connectivity index (χ4n) is 2.34. The Balaban J connectivity index is 0.00000208. The summed E-state index contributed by atoms with van der Waals surface area (Å²) < 4.78 is 1.97. The van der Waals surface area contributed by atoms with Crippen LogP contribution in [0, 0.1) is 0 Å². The van der Waals surface area contributed by atoms with Crippen molar-refractivity contribution in [3.8, 4) is 5.69 Å². The summed E-state index contributed by atoms with van der Waals surface area (Å²) in [6.45, 7) is 0.735. The number of nitrogens with one attached hydrogen (secondary N) is 1. The number of carbonyl (C=O) groups is 1. The lowest BCUT2D eigenvalue weighted by molar-refractivity contribution is -0.117. The molecule has 24 heavy (non-hydrogen) atoms. The van der Waals surface area contributed by atoms with Crippen molar-refractivity contribution in [3.63, 3.8) is 0 Å². The number of nitrogens with two attached hydrogens (primary N) is 1. The van der Waals surface area contributed by atoms with Gasteiger partial charge >= 0.3 is 0 Å². The topological polar surface area (TPSA) is 104 Å². The second kappa shape index (κ2) is 7.94. The Morgan fingerprint density at radius 3 is 2.29 bits per heavy atom. The smallest absolute Gasteiger partial charge is 0.221 e. The average molecular weight is 324 g/mol. The van der Waals surface area contributed by atoms with Gasteiger partial charge < -0.3 is 21.1 Å². The van der Waals surface area contributed by atoms with Crippen LogP contribution < -0.4 is 11.1 Å². The van der Waals surface area contributed by atoms with E-state index >= 15 is 0 Å². The number of amides is 1. The minimum atomic E-state index is -0.316.